The van der Waals surface area contributed by atoms with Crippen molar-refractivity contribution in [2.75, 3.05) is 13.2 Å². The highest BCUT2D eigenvalue weighted by molar-refractivity contribution is 5.77. The molecule has 0 unspecified atom stereocenters. The van der Waals surface area contributed by atoms with Gasteiger partial charge >= 0.3 is 0 Å². The summed E-state index contributed by atoms with van der Waals surface area (Å²) in [6.45, 7) is 1.63. The third kappa shape index (κ3) is 3.85. The number of nitrogens with zero attached hydrogens (tertiary/aromatic N) is 2. The summed E-state index contributed by atoms with van der Waals surface area (Å²) in [4.78, 5) is 10.1. The normalized spacial score (nSPS) is 11.2. The number of hydrogen-bond acceptors (Lipinski definition) is 3. The second-order valence-corrected chi connectivity index (χ2v) is 1.73. The Morgan fingerprint density at radius 2 is 2.50 bits per heavy atom. The molecule has 0 saturated carbocycles. The van der Waals surface area contributed by atoms with Gasteiger partial charge in [-0.1, -0.05) is 0 Å². The van der Waals surface area contributed by atoms with E-state index in [4.69, 9.17) is 10.8 Å². The van der Waals surface area contributed by atoms with Crippen LogP contribution in [0.25, 0.3) is 0 Å². The maximum atomic E-state index is 10.1. The molecule has 3 N–H and O–H groups in total. The summed E-state index contributed by atoms with van der Waals surface area (Å²) in [7, 11) is 0. The van der Waals surface area contributed by atoms with Gasteiger partial charge in [0.05, 0.1) is 13.2 Å². The first-order chi connectivity index (χ1) is 4.70. The predicted octanol–water partition coefficient (Wildman–Crippen LogP) is -1.27. The van der Waals surface area contributed by atoms with Crippen molar-refractivity contribution in [3.8, 4) is 0 Å². The Hall–Kier alpha value is -1.10. The molecular formula is C5H11N3O2. The fraction of sp³-hybridized carbons (Fsp3) is 0.600. The lowest BCUT2D eigenvalue weighted by atomic mass is 10.7. The van der Waals surface area contributed by atoms with E-state index in [0.29, 0.717) is 12.2 Å². The van der Waals surface area contributed by atoms with Gasteiger partial charge in [-0.2, -0.15) is 5.10 Å². The number of nitrogens with two attached hydrogens (primary N) is 1. The highest BCUT2D eigenvalue weighted by Gasteiger charge is 1.95. The number of carbonyl (C=O) groups is 1. The van der Waals surface area contributed by atoms with Gasteiger partial charge in [0.25, 0.3) is 0 Å². The number of amides is 1. The molecule has 0 aliphatic rings. The Labute approximate surface area is 59.1 Å². The lowest BCUT2D eigenvalue weighted by molar-refractivity contribution is -0.118. The van der Waals surface area contributed by atoms with Crippen LogP contribution in [-0.4, -0.2) is 35.5 Å². The average Bonchev–Trinajstić information content (AvgIpc) is 1.86. The van der Waals surface area contributed by atoms with E-state index < -0.39 is 0 Å². The highest BCUT2D eigenvalue weighted by Crippen LogP contribution is 1.81. The van der Waals surface area contributed by atoms with E-state index in [9.17, 15) is 4.79 Å². The van der Waals surface area contributed by atoms with Crippen molar-refractivity contribution in [3.63, 3.8) is 0 Å². The van der Waals surface area contributed by atoms with Crippen molar-refractivity contribution in [1.82, 2.24) is 5.01 Å². The fourth-order valence-corrected chi connectivity index (χ4v) is 0.431. The Kier molecular flexibility index (Phi) is 4.23. The molecule has 10 heavy (non-hydrogen) atoms. The first-order valence-electron chi connectivity index (χ1n) is 2.84. The van der Waals surface area contributed by atoms with Crippen LogP contribution in [0.2, 0.25) is 0 Å². The molecule has 5 nitrogen and oxygen atoms in total. The zero-order chi connectivity index (χ0) is 7.98. The molecule has 0 radical (unpaired) electrons. The molecule has 0 spiro atoms. The first-order valence-corrected chi connectivity index (χ1v) is 2.84. The number of rotatable bonds is 4. The van der Waals surface area contributed by atoms with Crippen molar-refractivity contribution < 1.29 is 9.90 Å². The van der Waals surface area contributed by atoms with E-state index in [1.807, 2.05) is 0 Å². The van der Waals surface area contributed by atoms with Crippen LogP contribution in [0.15, 0.2) is 5.10 Å². The van der Waals surface area contributed by atoms with Gasteiger partial charge in [0, 0.05) is 0 Å². The average molecular weight is 145 g/mol. The number of aliphatic hydroxyl groups excluding tert-OH is 1. The smallest absolute Gasteiger partial charge is 0.230 e. The van der Waals surface area contributed by atoms with E-state index in [0.717, 1.165) is 5.01 Å². The fourth-order valence-electron chi connectivity index (χ4n) is 0.431. The molecule has 0 aromatic rings. The zero-order valence-electron chi connectivity index (χ0n) is 5.82. The molecule has 0 saturated heterocycles. The van der Waals surface area contributed by atoms with E-state index >= 15 is 0 Å². The van der Waals surface area contributed by atoms with Crippen molar-refractivity contribution in [2.45, 2.75) is 6.92 Å². The molecule has 0 atom stereocenters. The van der Waals surface area contributed by atoms with Crippen LogP contribution in [0, 0.1) is 0 Å². The summed E-state index contributed by atoms with van der Waals surface area (Å²) in [6, 6.07) is 0. The maximum Gasteiger partial charge on any atom is 0.230 e. The van der Waals surface area contributed by atoms with Crippen LogP contribution in [-0.2, 0) is 4.79 Å². The molecule has 1 amide bonds. The summed E-state index contributed by atoms with van der Waals surface area (Å²) in [5, 5.41) is 13.0. The van der Waals surface area contributed by atoms with Crippen LogP contribution in [0.1, 0.15) is 6.92 Å². The molecule has 0 fully saturated rings. The molecule has 0 aromatic carbocycles. The zero-order valence-corrected chi connectivity index (χ0v) is 5.82. The first kappa shape index (κ1) is 8.90. The summed E-state index contributed by atoms with van der Waals surface area (Å²) in [5.41, 5.74) is 5.17. The monoisotopic (exact) mass is 145 g/mol. The van der Waals surface area contributed by atoms with Gasteiger partial charge in [0.15, 0.2) is 0 Å². The van der Waals surface area contributed by atoms with Crippen molar-refractivity contribution in [3.05, 3.63) is 0 Å². The van der Waals surface area contributed by atoms with E-state index in [2.05, 4.69) is 5.10 Å². The molecule has 0 rings (SSSR count). The number of aliphatic hydroxyl groups is 1. The minimum atomic E-state index is -0.116. The number of hydrogen-bond donors (Lipinski definition) is 2. The molecular weight excluding hydrogens is 134 g/mol. The largest absolute Gasteiger partial charge is 0.394 e. The molecule has 58 valence electrons. The number of amidine groups is 1. The van der Waals surface area contributed by atoms with Gasteiger partial charge in [-0.15, -0.1) is 0 Å². The van der Waals surface area contributed by atoms with Crippen LogP contribution >= 0.6 is 0 Å². The highest BCUT2D eigenvalue weighted by atomic mass is 16.3. The van der Waals surface area contributed by atoms with E-state index in [1.165, 1.54) is 0 Å². The summed E-state index contributed by atoms with van der Waals surface area (Å²) < 4.78 is 0. The molecule has 0 aromatic heterocycles. The quantitative estimate of drug-likeness (QED) is 0.224. The van der Waals surface area contributed by atoms with Crippen LogP contribution < -0.4 is 5.73 Å². The summed E-state index contributed by atoms with van der Waals surface area (Å²) >= 11 is 0. The molecule has 0 aliphatic carbocycles. The second kappa shape index (κ2) is 4.75. The third-order valence-electron chi connectivity index (χ3n) is 0.737. The van der Waals surface area contributed by atoms with Crippen LogP contribution in [0.4, 0.5) is 0 Å². The van der Waals surface area contributed by atoms with Crippen molar-refractivity contribution >= 4 is 12.2 Å². The maximum absolute atomic E-state index is 10.1. The van der Waals surface area contributed by atoms with Crippen LogP contribution in [0.3, 0.4) is 0 Å². The molecule has 0 bridgehead atoms. The van der Waals surface area contributed by atoms with Gasteiger partial charge in [-0.05, 0) is 6.92 Å². The third-order valence-corrected chi connectivity index (χ3v) is 0.737. The van der Waals surface area contributed by atoms with Gasteiger partial charge in [-0.3, -0.25) is 4.79 Å². The van der Waals surface area contributed by atoms with Crippen LogP contribution in [0.5, 0.6) is 0 Å². The standard InChI is InChI=1S/C5H11N3O2/c1-5(6)7-8(4-10)2-3-9/h4,9H,2-3H2,1H3,(H2,6,7). The van der Waals surface area contributed by atoms with Crippen molar-refractivity contribution in [1.29, 1.82) is 0 Å². The summed E-state index contributed by atoms with van der Waals surface area (Å²) in [5.74, 6) is 0.292. The van der Waals surface area contributed by atoms with Crippen molar-refractivity contribution in [2.24, 2.45) is 10.8 Å². The van der Waals surface area contributed by atoms with Gasteiger partial charge < -0.3 is 10.8 Å². The Morgan fingerprint density at radius 3 is 2.80 bits per heavy atom. The minimum Gasteiger partial charge on any atom is -0.394 e. The summed E-state index contributed by atoms with van der Waals surface area (Å²) in [6.07, 6.45) is 0.507. The molecule has 0 heterocycles. The Balaban J connectivity index is 3.82. The molecule has 0 aliphatic heterocycles. The van der Waals surface area contributed by atoms with Gasteiger partial charge in [0.1, 0.15) is 5.84 Å². The minimum absolute atomic E-state index is 0.116. The Bertz CT molecular complexity index is 131. The van der Waals surface area contributed by atoms with E-state index in [-0.39, 0.29) is 13.2 Å². The second-order valence-electron chi connectivity index (χ2n) is 1.73. The van der Waals surface area contributed by atoms with E-state index in [1.54, 1.807) is 6.92 Å². The number of carbonyl (C=O) groups excluding carboxylic acids is 1. The topological polar surface area (TPSA) is 78.9 Å². The SMILES string of the molecule is C/C(N)=N\N(C=O)CCO. The number of hydrazone groups is 1. The predicted molar refractivity (Wildman–Crippen MR) is 37.2 cm³/mol. The lowest BCUT2D eigenvalue weighted by Crippen LogP contribution is -2.23. The Morgan fingerprint density at radius 1 is 1.90 bits per heavy atom. The van der Waals surface area contributed by atoms with Gasteiger partial charge in [0.2, 0.25) is 6.41 Å². The van der Waals surface area contributed by atoms with Gasteiger partial charge in [-0.25, -0.2) is 5.01 Å². The lowest BCUT2D eigenvalue weighted by Gasteiger charge is -2.07. The molecule has 5 heteroatoms.